The number of nitrogens with one attached hydrogen (secondary N) is 1. The topological polar surface area (TPSA) is 84.7 Å². The first-order valence-electron chi connectivity index (χ1n) is 11.3. The van der Waals surface area contributed by atoms with Crippen LogP contribution in [-0.2, 0) is 11.2 Å². The molecule has 3 aromatic rings. The zero-order valence-corrected chi connectivity index (χ0v) is 18.4. The van der Waals surface area contributed by atoms with Crippen LogP contribution in [0.25, 0.3) is 0 Å². The van der Waals surface area contributed by atoms with E-state index < -0.39 is 0 Å². The molecule has 1 saturated heterocycles. The van der Waals surface area contributed by atoms with Crippen molar-refractivity contribution in [2.45, 2.75) is 30.7 Å². The number of hydrogen-bond donors (Lipinski definition) is 2. The molecule has 5 rings (SSSR count). The van der Waals surface area contributed by atoms with Crippen molar-refractivity contribution in [2.24, 2.45) is 5.73 Å². The van der Waals surface area contributed by atoms with E-state index in [0.717, 1.165) is 24.9 Å². The van der Waals surface area contributed by atoms with Gasteiger partial charge in [-0.2, -0.15) is 0 Å². The molecule has 168 valence electrons. The van der Waals surface area contributed by atoms with E-state index in [1.54, 1.807) is 24.3 Å². The Labute approximate surface area is 193 Å². The third kappa shape index (κ3) is 4.61. The Bertz CT molecular complexity index is 1160. The summed E-state index contributed by atoms with van der Waals surface area (Å²) in [7, 11) is 0. The molecule has 3 N–H and O–H groups in total. The molecule has 6 heteroatoms. The molecule has 6 nitrogen and oxygen atoms in total. The SMILES string of the molecule is N[C@@]1(CCc2ccccc2)C[C@H]1c1ccc(NC(=O)c2cccc(N3CCOC3=O)c2)cc1. The lowest BCUT2D eigenvalue weighted by Gasteiger charge is -2.14. The minimum Gasteiger partial charge on any atom is -0.447 e. The van der Waals surface area contributed by atoms with Gasteiger partial charge in [0.05, 0.1) is 6.54 Å². The number of cyclic esters (lactones) is 1. The summed E-state index contributed by atoms with van der Waals surface area (Å²) in [5, 5.41) is 2.94. The van der Waals surface area contributed by atoms with Crippen LogP contribution >= 0.6 is 0 Å². The number of benzene rings is 3. The van der Waals surface area contributed by atoms with Crippen LogP contribution < -0.4 is 16.0 Å². The van der Waals surface area contributed by atoms with Gasteiger partial charge in [-0.3, -0.25) is 9.69 Å². The monoisotopic (exact) mass is 441 g/mol. The van der Waals surface area contributed by atoms with E-state index in [1.165, 1.54) is 16.0 Å². The molecule has 0 unspecified atom stereocenters. The highest BCUT2D eigenvalue weighted by Gasteiger charge is 2.50. The fourth-order valence-corrected chi connectivity index (χ4v) is 4.51. The van der Waals surface area contributed by atoms with Crippen molar-refractivity contribution in [3.8, 4) is 0 Å². The van der Waals surface area contributed by atoms with Crippen LogP contribution in [0.15, 0.2) is 78.9 Å². The Morgan fingerprint density at radius 3 is 2.58 bits per heavy atom. The summed E-state index contributed by atoms with van der Waals surface area (Å²) in [6, 6.07) is 25.4. The first-order chi connectivity index (χ1) is 16.0. The summed E-state index contributed by atoms with van der Waals surface area (Å²) in [5.74, 6) is 0.127. The second kappa shape index (κ2) is 8.71. The van der Waals surface area contributed by atoms with Crippen molar-refractivity contribution in [1.82, 2.24) is 0 Å². The first kappa shape index (κ1) is 21.2. The molecule has 0 bridgehead atoms. The van der Waals surface area contributed by atoms with Crippen LogP contribution in [0.2, 0.25) is 0 Å². The van der Waals surface area contributed by atoms with E-state index >= 15 is 0 Å². The molecule has 2 atom stereocenters. The van der Waals surface area contributed by atoms with Gasteiger partial charge in [0, 0.05) is 28.4 Å². The predicted octanol–water partition coefficient (Wildman–Crippen LogP) is 4.71. The number of nitrogens with zero attached hydrogens (tertiary/aromatic N) is 1. The Hall–Kier alpha value is -3.64. The molecule has 1 aliphatic carbocycles. The molecule has 33 heavy (non-hydrogen) atoms. The zero-order chi connectivity index (χ0) is 22.8. The highest BCUT2D eigenvalue weighted by molar-refractivity contribution is 6.05. The summed E-state index contributed by atoms with van der Waals surface area (Å²) in [4.78, 5) is 26.1. The quantitative estimate of drug-likeness (QED) is 0.556. The summed E-state index contributed by atoms with van der Waals surface area (Å²) in [5.41, 5.74) is 10.9. The number of hydrogen-bond acceptors (Lipinski definition) is 4. The van der Waals surface area contributed by atoms with E-state index in [0.29, 0.717) is 30.3 Å². The average molecular weight is 442 g/mol. The summed E-state index contributed by atoms with van der Waals surface area (Å²) >= 11 is 0. The molecule has 0 aromatic heterocycles. The maximum absolute atomic E-state index is 12.8. The standard InChI is InChI=1S/C27H27N3O3/c28-27(14-13-19-5-2-1-3-6-19)18-24(27)20-9-11-22(12-10-20)29-25(31)21-7-4-8-23(17-21)30-15-16-33-26(30)32/h1-12,17,24H,13-16,18,28H2,(H,29,31)/t24-,27-/m0/s1. The van der Waals surface area contributed by atoms with Crippen LogP contribution in [0.1, 0.15) is 40.2 Å². The van der Waals surface area contributed by atoms with Crippen molar-refractivity contribution < 1.29 is 14.3 Å². The van der Waals surface area contributed by atoms with E-state index in [-0.39, 0.29) is 17.5 Å². The first-order valence-corrected chi connectivity index (χ1v) is 11.3. The maximum Gasteiger partial charge on any atom is 0.414 e. The minimum absolute atomic E-state index is 0.155. The van der Waals surface area contributed by atoms with Crippen LogP contribution in [0, 0.1) is 0 Å². The van der Waals surface area contributed by atoms with Crippen molar-refractivity contribution in [1.29, 1.82) is 0 Å². The third-order valence-corrected chi connectivity index (χ3v) is 6.59. The molecule has 0 radical (unpaired) electrons. The Balaban J connectivity index is 1.19. The van der Waals surface area contributed by atoms with Crippen molar-refractivity contribution in [3.63, 3.8) is 0 Å². The van der Waals surface area contributed by atoms with Crippen LogP contribution in [0.3, 0.4) is 0 Å². The fraction of sp³-hybridized carbons (Fsp3) is 0.259. The number of ether oxygens (including phenoxy) is 1. The van der Waals surface area contributed by atoms with Crippen LogP contribution in [0.4, 0.5) is 16.2 Å². The number of nitrogens with two attached hydrogens (primary N) is 1. The van der Waals surface area contributed by atoms with Gasteiger partial charge in [0.1, 0.15) is 6.61 Å². The van der Waals surface area contributed by atoms with Crippen molar-refractivity contribution >= 4 is 23.4 Å². The van der Waals surface area contributed by atoms with Gasteiger partial charge in [-0.25, -0.2) is 4.79 Å². The highest BCUT2D eigenvalue weighted by Crippen LogP contribution is 2.52. The molecule has 1 saturated carbocycles. The highest BCUT2D eigenvalue weighted by atomic mass is 16.6. The second-order valence-corrected chi connectivity index (χ2v) is 8.87. The van der Waals surface area contributed by atoms with E-state index in [2.05, 4.69) is 29.6 Å². The molecule has 2 amide bonds. The lowest BCUT2D eigenvalue weighted by Crippen LogP contribution is -2.25. The number of carbonyl (C=O) groups is 2. The lowest BCUT2D eigenvalue weighted by atomic mass is 9.99. The van der Waals surface area contributed by atoms with Gasteiger partial charge in [0.15, 0.2) is 0 Å². The second-order valence-electron chi connectivity index (χ2n) is 8.87. The van der Waals surface area contributed by atoms with Gasteiger partial charge in [-0.15, -0.1) is 0 Å². The molecule has 3 aromatic carbocycles. The number of carbonyl (C=O) groups excluding carboxylic acids is 2. The van der Waals surface area contributed by atoms with Gasteiger partial charge in [0.2, 0.25) is 0 Å². The zero-order valence-electron chi connectivity index (χ0n) is 18.4. The van der Waals surface area contributed by atoms with E-state index in [9.17, 15) is 9.59 Å². The summed E-state index contributed by atoms with van der Waals surface area (Å²) in [6.45, 7) is 0.847. The Morgan fingerprint density at radius 2 is 1.85 bits per heavy atom. The van der Waals surface area contributed by atoms with E-state index in [1.807, 2.05) is 30.3 Å². The molecular formula is C27H27N3O3. The van der Waals surface area contributed by atoms with Gasteiger partial charge >= 0.3 is 6.09 Å². The van der Waals surface area contributed by atoms with Crippen LogP contribution in [0.5, 0.6) is 0 Å². The number of aryl methyl sites for hydroxylation is 1. The number of amides is 2. The summed E-state index contributed by atoms with van der Waals surface area (Å²) < 4.78 is 4.98. The van der Waals surface area contributed by atoms with E-state index in [4.69, 9.17) is 10.5 Å². The van der Waals surface area contributed by atoms with Crippen LogP contribution in [-0.4, -0.2) is 30.7 Å². The third-order valence-electron chi connectivity index (χ3n) is 6.59. The lowest BCUT2D eigenvalue weighted by molar-refractivity contribution is 0.102. The molecule has 1 aliphatic heterocycles. The Morgan fingerprint density at radius 1 is 1.06 bits per heavy atom. The van der Waals surface area contributed by atoms with Gasteiger partial charge in [-0.05, 0) is 60.7 Å². The average Bonchev–Trinajstić information content (AvgIpc) is 3.33. The smallest absolute Gasteiger partial charge is 0.414 e. The molecule has 2 fully saturated rings. The minimum atomic E-state index is -0.386. The van der Waals surface area contributed by atoms with Crippen molar-refractivity contribution in [2.75, 3.05) is 23.4 Å². The molecule has 0 spiro atoms. The largest absolute Gasteiger partial charge is 0.447 e. The molecule has 2 aliphatic rings. The normalized spacial score (nSPS) is 21.5. The van der Waals surface area contributed by atoms with Gasteiger partial charge < -0.3 is 15.8 Å². The Kier molecular flexibility index (Phi) is 5.60. The molecular weight excluding hydrogens is 414 g/mol. The molecule has 1 heterocycles. The van der Waals surface area contributed by atoms with Gasteiger partial charge in [0.25, 0.3) is 5.91 Å². The number of anilines is 2. The maximum atomic E-state index is 12.8. The van der Waals surface area contributed by atoms with Crippen molar-refractivity contribution in [3.05, 3.63) is 95.6 Å². The predicted molar refractivity (Wildman–Crippen MR) is 129 cm³/mol. The summed E-state index contributed by atoms with van der Waals surface area (Å²) in [6.07, 6.45) is 2.54. The van der Waals surface area contributed by atoms with Gasteiger partial charge in [-0.1, -0.05) is 48.5 Å². The fourth-order valence-electron chi connectivity index (χ4n) is 4.51. The number of rotatable bonds is 7.